The summed E-state index contributed by atoms with van der Waals surface area (Å²) in [6.07, 6.45) is -0.302. The van der Waals surface area contributed by atoms with Crippen molar-refractivity contribution in [3.8, 4) is 0 Å². The molecule has 2 aromatic heterocycles. The van der Waals surface area contributed by atoms with E-state index >= 15 is 0 Å². The summed E-state index contributed by atoms with van der Waals surface area (Å²) in [4.78, 5) is 19.1. The second-order valence-corrected chi connectivity index (χ2v) is 6.46. The van der Waals surface area contributed by atoms with Crippen LogP contribution in [0, 0.1) is 6.92 Å². The van der Waals surface area contributed by atoms with Crippen molar-refractivity contribution in [2.24, 2.45) is 0 Å². The Hall–Kier alpha value is -2.19. The van der Waals surface area contributed by atoms with Crippen LogP contribution in [-0.2, 0) is 16.1 Å². The molecular formula is C17H24N4O4. The molecular weight excluding hydrogens is 324 g/mol. The van der Waals surface area contributed by atoms with Crippen molar-refractivity contribution >= 4 is 5.91 Å². The number of furan rings is 1. The van der Waals surface area contributed by atoms with Crippen LogP contribution in [0.25, 0.3) is 0 Å². The van der Waals surface area contributed by atoms with Gasteiger partial charge in [-0.2, -0.15) is 5.10 Å². The van der Waals surface area contributed by atoms with Gasteiger partial charge in [-0.25, -0.2) is 4.98 Å². The molecule has 1 aliphatic heterocycles. The molecule has 25 heavy (non-hydrogen) atoms. The van der Waals surface area contributed by atoms with Crippen LogP contribution in [0.3, 0.4) is 0 Å². The number of morpholine rings is 1. The van der Waals surface area contributed by atoms with Crippen LogP contribution in [0.5, 0.6) is 0 Å². The van der Waals surface area contributed by atoms with Crippen molar-refractivity contribution in [3.63, 3.8) is 0 Å². The second kappa shape index (κ2) is 7.37. The van der Waals surface area contributed by atoms with E-state index in [0.717, 1.165) is 5.82 Å². The Labute approximate surface area is 146 Å². The van der Waals surface area contributed by atoms with E-state index in [1.54, 1.807) is 25.0 Å². The molecule has 3 heterocycles. The summed E-state index contributed by atoms with van der Waals surface area (Å²) in [5, 5.41) is 7.14. The van der Waals surface area contributed by atoms with E-state index in [1.807, 2.05) is 13.8 Å². The number of aromatic amines is 1. The van der Waals surface area contributed by atoms with Gasteiger partial charge in [-0.1, -0.05) is 13.8 Å². The van der Waals surface area contributed by atoms with Gasteiger partial charge in [0.2, 0.25) is 0 Å². The van der Waals surface area contributed by atoms with Crippen molar-refractivity contribution in [2.45, 2.75) is 39.4 Å². The van der Waals surface area contributed by atoms with Gasteiger partial charge in [0.1, 0.15) is 24.2 Å². The van der Waals surface area contributed by atoms with E-state index in [2.05, 4.69) is 15.2 Å². The lowest BCUT2D eigenvalue weighted by atomic mass is 10.1. The average molecular weight is 348 g/mol. The summed E-state index contributed by atoms with van der Waals surface area (Å²) in [5.41, 5.74) is 0.563. The fourth-order valence-corrected chi connectivity index (χ4v) is 2.83. The first-order valence-corrected chi connectivity index (χ1v) is 8.41. The predicted octanol–water partition coefficient (Wildman–Crippen LogP) is 2.19. The normalized spacial score (nSPS) is 18.1. The smallest absolute Gasteiger partial charge is 0.257 e. The Morgan fingerprint density at radius 3 is 3.00 bits per heavy atom. The van der Waals surface area contributed by atoms with Gasteiger partial charge in [0.05, 0.1) is 18.7 Å². The predicted molar refractivity (Wildman–Crippen MR) is 89.2 cm³/mol. The number of amides is 1. The molecule has 0 spiro atoms. The zero-order valence-electron chi connectivity index (χ0n) is 15.0. The van der Waals surface area contributed by atoms with Crippen LogP contribution >= 0.6 is 0 Å². The fourth-order valence-electron chi connectivity index (χ4n) is 2.83. The van der Waals surface area contributed by atoms with Gasteiger partial charge in [0, 0.05) is 19.6 Å². The highest BCUT2D eigenvalue weighted by Gasteiger charge is 2.30. The van der Waals surface area contributed by atoms with Gasteiger partial charge in [-0.15, -0.1) is 0 Å². The maximum atomic E-state index is 12.9. The summed E-state index contributed by atoms with van der Waals surface area (Å²) >= 11 is 0. The SMILES string of the molecule is COCc1cc(C(=O)N2CCO[C@H](c3nc(C(C)C)n[nH]3)C2)c(C)o1. The average Bonchev–Trinajstić information content (AvgIpc) is 3.22. The van der Waals surface area contributed by atoms with E-state index < -0.39 is 0 Å². The topological polar surface area (TPSA) is 93.5 Å². The molecule has 1 aliphatic rings. The molecule has 1 amide bonds. The van der Waals surface area contributed by atoms with Crippen LogP contribution in [0.15, 0.2) is 10.5 Å². The molecule has 8 heteroatoms. The van der Waals surface area contributed by atoms with Crippen molar-refractivity contribution < 1.29 is 18.7 Å². The van der Waals surface area contributed by atoms with Gasteiger partial charge in [0.15, 0.2) is 11.6 Å². The minimum absolute atomic E-state index is 0.0690. The number of carbonyl (C=O) groups is 1. The second-order valence-electron chi connectivity index (χ2n) is 6.46. The Morgan fingerprint density at radius 2 is 2.32 bits per heavy atom. The summed E-state index contributed by atoms with van der Waals surface area (Å²) in [5.74, 6) is 2.81. The number of methoxy groups -OCH3 is 1. The van der Waals surface area contributed by atoms with Crippen LogP contribution in [0.4, 0.5) is 0 Å². The number of hydrogen-bond donors (Lipinski definition) is 1. The zero-order valence-corrected chi connectivity index (χ0v) is 15.0. The number of carbonyl (C=O) groups excluding carboxylic acids is 1. The lowest BCUT2D eigenvalue weighted by Crippen LogP contribution is -2.42. The maximum Gasteiger partial charge on any atom is 0.257 e. The van der Waals surface area contributed by atoms with Gasteiger partial charge < -0.3 is 18.8 Å². The number of nitrogens with zero attached hydrogens (tertiary/aromatic N) is 3. The quantitative estimate of drug-likeness (QED) is 0.890. The number of rotatable bonds is 5. The van der Waals surface area contributed by atoms with E-state index in [4.69, 9.17) is 13.9 Å². The lowest BCUT2D eigenvalue weighted by Gasteiger charge is -2.31. The summed E-state index contributed by atoms with van der Waals surface area (Å²) in [6.45, 7) is 7.61. The zero-order chi connectivity index (χ0) is 18.0. The molecule has 0 aliphatic carbocycles. The summed E-state index contributed by atoms with van der Waals surface area (Å²) < 4.78 is 16.4. The minimum Gasteiger partial charge on any atom is -0.463 e. The highest BCUT2D eigenvalue weighted by molar-refractivity contribution is 5.95. The van der Waals surface area contributed by atoms with E-state index in [-0.39, 0.29) is 17.9 Å². The number of hydrogen-bond acceptors (Lipinski definition) is 6. The largest absolute Gasteiger partial charge is 0.463 e. The molecule has 136 valence electrons. The molecule has 1 atom stereocenters. The molecule has 0 aromatic carbocycles. The molecule has 0 radical (unpaired) electrons. The van der Waals surface area contributed by atoms with Crippen molar-refractivity contribution in [1.82, 2.24) is 20.1 Å². The number of aromatic nitrogens is 3. The number of ether oxygens (including phenoxy) is 2. The van der Waals surface area contributed by atoms with Crippen LogP contribution in [-0.4, -0.2) is 52.8 Å². The first-order chi connectivity index (χ1) is 12.0. The number of nitrogens with one attached hydrogen (secondary N) is 1. The van der Waals surface area contributed by atoms with E-state index in [0.29, 0.717) is 49.2 Å². The molecule has 1 fully saturated rings. The van der Waals surface area contributed by atoms with E-state index in [1.165, 1.54) is 0 Å². The van der Waals surface area contributed by atoms with Crippen molar-refractivity contribution in [3.05, 3.63) is 34.8 Å². The molecule has 1 N–H and O–H groups in total. The van der Waals surface area contributed by atoms with Gasteiger partial charge >= 0.3 is 0 Å². The monoisotopic (exact) mass is 348 g/mol. The van der Waals surface area contributed by atoms with Crippen LogP contribution in [0.2, 0.25) is 0 Å². The molecule has 0 bridgehead atoms. The third kappa shape index (κ3) is 3.74. The molecule has 3 rings (SSSR count). The Morgan fingerprint density at radius 1 is 1.52 bits per heavy atom. The highest BCUT2D eigenvalue weighted by Crippen LogP contribution is 2.24. The Balaban J connectivity index is 1.73. The number of H-pyrrole nitrogens is 1. The summed E-state index contributed by atoms with van der Waals surface area (Å²) in [7, 11) is 1.59. The first-order valence-electron chi connectivity index (χ1n) is 8.41. The third-order valence-electron chi connectivity index (χ3n) is 4.18. The van der Waals surface area contributed by atoms with Crippen molar-refractivity contribution in [2.75, 3.05) is 26.8 Å². The van der Waals surface area contributed by atoms with Gasteiger partial charge in [0.25, 0.3) is 5.91 Å². The maximum absolute atomic E-state index is 12.9. The van der Waals surface area contributed by atoms with Gasteiger partial charge in [-0.05, 0) is 13.0 Å². The highest BCUT2D eigenvalue weighted by atomic mass is 16.5. The Bertz CT molecular complexity index is 737. The van der Waals surface area contributed by atoms with E-state index in [9.17, 15) is 4.79 Å². The molecule has 1 saturated heterocycles. The molecule has 0 unspecified atom stereocenters. The number of aryl methyl sites for hydroxylation is 1. The first kappa shape index (κ1) is 17.6. The standard InChI is InChI=1S/C17H24N4O4/c1-10(2)15-18-16(20-19-15)14-8-21(5-6-24-14)17(22)13-7-12(9-23-4)25-11(13)3/h7,10,14H,5-6,8-9H2,1-4H3,(H,18,19,20)/t14-/m0/s1. The van der Waals surface area contributed by atoms with Gasteiger partial charge in [-0.3, -0.25) is 9.89 Å². The van der Waals surface area contributed by atoms with Crippen LogP contribution < -0.4 is 0 Å². The molecule has 0 saturated carbocycles. The Kier molecular flexibility index (Phi) is 5.19. The van der Waals surface area contributed by atoms with Crippen molar-refractivity contribution in [1.29, 1.82) is 0 Å². The molecule has 8 nitrogen and oxygen atoms in total. The fraction of sp³-hybridized carbons (Fsp3) is 0.588. The summed E-state index contributed by atoms with van der Waals surface area (Å²) in [6, 6.07) is 1.75. The minimum atomic E-state index is -0.302. The molecule has 2 aromatic rings. The lowest BCUT2D eigenvalue weighted by molar-refractivity contribution is -0.0267. The third-order valence-corrected chi connectivity index (χ3v) is 4.18. The van der Waals surface area contributed by atoms with Crippen LogP contribution in [0.1, 0.15) is 59.4 Å².